The summed E-state index contributed by atoms with van der Waals surface area (Å²) >= 11 is 1.24. The van der Waals surface area contributed by atoms with E-state index in [1.165, 1.54) is 17.4 Å². The summed E-state index contributed by atoms with van der Waals surface area (Å²) in [5.41, 5.74) is 1.24. The third kappa shape index (κ3) is 3.76. The Labute approximate surface area is 137 Å². The van der Waals surface area contributed by atoms with Crippen LogP contribution in [0.25, 0.3) is 0 Å². The van der Waals surface area contributed by atoms with Crippen LogP contribution in [0.3, 0.4) is 0 Å². The Balaban J connectivity index is 1.64. The van der Waals surface area contributed by atoms with E-state index in [1.807, 2.05) is 6.92 Å². The molecule has 1 fully saturated rings. The van der Waals surface area contributed by atoms with Crippen molar-refractivity contribution in [3.8, 4) is 0 Å². The Kier molecular flexibility index (Phi) is 4.43. The number of thiophene rings is 1. The molecule has 3 rings (SSSR count). The quantitative estimate of drug-likeness (QED) is 0.881. The predicted octanol–water partition coefficient (Wildman–Crippen LogP) is 3.47. The molecule has 0 atom stereocenters. The molecule has 2 amide bonds. The number of aryl methyl sites for hydroxylation is 1. The van der Waals surface area contributed by atoms with Crippen LogP contribution >= 0.6 is 11.3 Å². The number of rotatable bonds is 5. The topological polar surface area (TPSA) is 58.2 Å². The van der Waals surface area contributed by atoms with Gasteiger partial charge in [0.1, 0.15) is 5.82 Å². The highest BCUT2D eigenvalue weighted by Gasteiger charge is 2.30. The highest BCUT2D eigenvalue weighted by Crippen LogP contribution is 2.32. The Morgan fingerprint density at radius 2 is 2.04 bits per heavy atom. The Bertz CT molecular complexity index is 753. The van der Waals surface area contributed by atoms with Gasteiger partial charge in [0.2, 0.25) is 5.91 Å². The molecule has 1 heterocycles. The van der Waals surface area contributed by atoms with Gasteiger partial charge in [0.15, 0.2) is 0 Å². The number of hydrogen-bond acceptors (Lipinski definition) is 3. The molecule has 0 aliphatic heterocycles. The van der Waals surface area contributed by atoms with Gasteiger partial charge in [-0.15, -0.1) is 11.3 Å². The summed E-state index contributed by atoms with van der Waals surface area (Å²) in [5.74, 6) is -0.462. The van der Waals surface area contributed by atoms with Crippen LogP contribution in [-0.4, -0.2) is 11.8 Å². The summed E-state index contributed by atoms with van der Waals surface area (Å²) in [7, 11) is 0. The summed E-state index contributed by atoms with van der Waals surface area (Å²) in [4.78, 5) is 24.6. The van der Waals surface area contributed by atoms with Crippen molar-refractivity contribution in [1.29, 1.82) is 0 Å². The van der Waals surface area contributed by atoms with E-state index in [2.05, 4.69) is 10.6 Å². The lowest BCUT2D eigenvalue weighted by atomic mass is 10.2. The number of hydrogen-bond donors (Lipinski definition) is 2. The van der Waals surface area contributed by atoms with Crippen LogP contribution in [-0.2, 0) is 11.3 Å². The molecular formula is C17H17FN2O2S. The van der Waals surface area contributed by atoms with Crippen LogP contribution < -0.4 is 10.6 Å². The molecule has 2 N–H and O–H groups in total. The molecule has 0 unspecified atom stereocenters. The lowest BCUT2D eigenvalue weighted by Crippen LogP contribution is -2.23. The highest BCUT2D eigenvalue weighted by atomic mass is 32.1. The average molecular weight is 332 g/mol. The van der Waals surface area contributed by atoms with Crippen molar-refractivity contribution in [2.75, 3.05) is 5.32 Å². The van der Waals surface area contributed by atoms with Crippen molar-refractivity contribution >= 4 is 28.2 Å². The van der Waals surface area contributed by atoms with E-state index in [9.17, 15) is 14.0 Å². The lowest BCUT2D eigenvalue weighted by molar-refractivity contribution is -0.117. The first-order valence-electron chi connectivity index (χ1n) is 7.47. The maximum absolute atomic E-state index is 13.6. The van der Waals surface area contributed by atoms with Crippen molar-refractivity contribution in [3.05, 3.63) is 52.2 Å². The average Bonchev–Trinajstić information content (AvgIpc) is 3.31. The molecule has 6 heteroatoms. The summed E-state index contributed by atoms with van der Waals surface area (Å²) < 4.78 is 13.6. The van der Waals surface area contributed by atoms with Crippen LogP contribution in [0.2, 0.25) is 0 Å². The maximum Gasteiger partial charge on any atom is 0.261 e. The Morgan fingerprint density at radius 1 is 1.30 bits per heavy atom. The molecule has 0 saturated heterocycles. The second-order valence-electron chi connectivity index (χ2n) is 5.66. The van der Waals surface area contributed by atoms with E-state index < -0.39 is 0 Å². The fourth-order valence-electron chi connectivity index (χ4n) is 2.24. The van der Waals surface area contributed by atoms with E-state index in [0.717, 1.165) is 18.4 Å². The zero-order valence-corrected chi connectivity index (χ0v) is 13.5. The molecule has 4 nitrogen and oxygen atoms in total. The fourth-order valence-corrected chi connectivity index (χ4v) is 3.23. The van der Waals surface area contributed by atoms with Gasteiger partial charge >= 0.3 is 0 Å². The van der Waals surface area contributed by atoms with Gasteiger partial charge in [0.05, 0.1) is 9.88 Å². The number of anilines is 1. The SMILES string of the molecule is Cc1cc(NC(=O)C2CC2)sc1C(=O)NCc1ccccc1F. The molecule has 2 aromatic rings. The van der Waals surface area contributed by atoms with E-state index in [-0.39, 0.29) is 30.1 Å². The maximum atomic E-state index is 13.6. The summed E-state index contributed by atoms with van der Waals surface area (Å²) in [6, 6.07) is 8.13. The summed E-state index contributed by atoms with van der Waals surface area (Å²) in [5, 5.41) is 6.24. The largest absolute Gasteiger partial charge is 0.347 e. The highest BCUT2D eigenvalue weighted by molar-refractivity contribution is 7.18. The van der Waals surface area contributed by atoms with Crippen molar-refractivity contribution in [2.24, 2.45) is 5.92 Å². The van der Waals surface area contributed by atoms with Gasteiger partial charge in [-0.1, -0.05) is 18.2 Å². The van der Waals surface area contributed by atoms with Gasteiger partial charge in [-0.05, 0) is 37.5 Å². The number of amides is 2. The molecule has 1 aliphatic rings. The standard InChI is InChI=1S/C17H17FN2O2S/c1-10-8-14(20-16(21)11-6-7-11)23-15(10)17(22)19-9-12-4-2-3-5-13(12)18/h2-5,8,11H,6-7,9H2,1H3,(H,19,22)(H,20,21). The monoisotopic (exact) mass is 332 g/mol. The van der Waals surface area contributed by atoms with Gasteiger partial charge in [-0.2, -0.15) is 0 Å². The predicted molar refractivity (Wildman–Crippen MR) is 88.0 cm³/mol. The van der Waals surface area contributed by atoms with Crippen LogP contribution in [0, 0.1) is 18.7 Å². The minimum atomic E-state index is -0.340. The van der Waals surface area contributed by atoms with E-state index in [0.29, 0.717) is 15.4 Å². The first kappa shape index (κ1) is 15.7. The second kappa shape index (κ2) is 6.50. The molecule has 1 saturated carbocycles. The van der Waals surface area contributed by atoms with Crippen LogP contribution in [0.1, 0.15) is 33.6 Å². The third-order valence-corrected chi connectivity index (χ3v) is 4.87. The normalized spacial score (nSPS) is 13.7. The van der Waals surface area contributed by atoms with Gasteiger partial charge in [0, 0.05) is 18.0 Å². The zero-order valence-electron chi connectivity index (χ0n) is 12.7. The first-order chi connectivity index (χ1) is 11.0. The fraction of sp³-hybridized carbons (Fsp3) is 0.294. The van der Waals surface area contributed by atoms with Crippen LogP contribution in [0.15, 0.2) is 30.3 Å². The number of carbonyl (C=O) groups excluding carboxylic acids is 2. The number of halogens is 1. The second-order valence-corrected chi connectivity index (χ2v) is 6.71. The molecule has 1 aliphatic carbocycles. The number of nitrogens with one attached hydrogen (secondary N) is 2. The van der Waals surface area contributed by atoms with Crippen LogP contribution in [0.5, 0.6) is 0 Å². The minimum Gasteiger partial charge on any atom is -0.347 e. The Hall–Kier alpha value is -2.21. The van der Waals surface area contributed by atoms with Crippen molar-refractivity contribution in [2.45, 2.75) is 26.3 Å². The van der Waals surface area contributed by atoms with Crippen molar-refractivity contribution in [3.63, 3.8) is 0 Å². The molecule has 0 radical (unpaired) electrons. The minimum absolute atomic E-state index is 0.0181. The van der Waals surface area contributed by atoms with Crippen molar-refractivity contribution in [1.82, 2.24) is 5.32 Å². The zero-order chi connectivity index (χ0) is 16.4. The molecule has 1 aromatic carbocycles. The lowest BCUT2D eigenvalue weighted by Gasteiger charge is -2.05. The van der Waals surface area contributed by atoms with E-state index >= 15 is 0 Å². The molecule has 1 aromatic heterocycles. The van der Waals surface area contributed by atoms with Gasteiger partial charge in [0.25, 0.3) is 5.91 Å². The molecule has 0 bridgehead atoms. The van der Waals surface area contributed by atoms with Gasteiger partial charge in [-0.25, -0.2) is 4.39 Å². The third-order valence-electron chi connectivity index (χ3n) is 3.72. The smallest absolute Gasteiger partial charge is 0.261 e. The van der Waals surface area contributed by atoms with Crippen molar-refractivity contribution < 1.29 is 14.0 Å². The van der Waals surface area contributed by atoms with E-state index in [1.54, 1.807) is 24.3 Å². The summed E-state index contributed by atoms with van der Waals surface area (Å²) in [6.07, 6.45) is 1.87. The number of carbonyl (C=O) groups is 2. The molecule has 0 spiro atoms. The van der Waals surface area contributed by atoms with Crippen LogP contribution in [0.4, 0.5) is 9.39 Å². The van der Waals surface area contributed by atoms with E-state index in [4.69, 9.17) is 0 Å². The number of benzene rings is 1. The first-order valence-corrected chi connectivity index (χ1v) is 8.29. The van der Waals surface area contributed by atoms with Gasteiger partial charge < -0.3 is 10.6 Å². The molecular weight excluding hydrogens is 315 g/mol. The van der Waals surface area contributed by atoms with Gasteiger partial charge in [-0.3, -0.25) is 9.59 Å². The summed E-state index contributed by atoms with van der Waals surface area (Å²) in [6.45, 7) is 1.95. The Morgan fingerprint density at radius 3 is 2.74 bits per heavy atom. The molecule has 120 valence electrons. The molecule has 23 heavy (non-hydrogen) atoms.